The molecule has 0 aromatic heterocycles. The second-order valence-corrected chi connectivity index (χ2v) is 6.72. The van der Waals surface area contributed by atoms with Crippen LogP contribution in [-0.4, -0.2) is 18.1 Å². The zero-order valence-corrected chi connectivity index (χ0v) is 14.4. The summed E-state index contributed by atoms with van der Waals surface area (Å²) in [5, 5.41) is 13.0. The fourth-order valence-electron chi connectivity index (χ4n) is 2.15. The van der Waals surface area contributed by atoms with Gasteiger partial charge in [0.15, 0.2) is 0 Å². The van der Waals surface area contributed by atoms with Gasteiger partial charge in [-0.2, -0.15) is 0 Å². The van der Waals surface area contributed by atoms with Gasteiger partial charge in [0.1, 0.15) is 11.5 Å². The van der Waals surface area contributed by atoms with Crippen LogP contribution < -0.4 is 10.1 Å². The number of amides is 1. The molecule has 0 aliphatic heterocycles. The van der Waals surface area contributed by atoms with Gasteiger partial charge in [0, 0.05) is 5.02 Å². The summed E-state index contributed by atoms with van der Waals surface area (Å²) in [7, 11) is 1.54. The third kappa shape index (κ3) is 3.96. The molecule has 2 N–H and O–H groups in total. The van der Waals surface area contributed by atoms with Crippen molar-refractivity contribution in [3.63, 3.8) is 0 Å². The minimum Gasteiger partial charge on any atom is -0.507 e. The molecule has 0 saturated carbocycles. The summed E-state index contributed by atoms with van der Waals surface area (Å²) in [6.07, 6.45) is 0. The van der Waals surface area contributed by atoms with Gasteiger partial charge in [-0.05, 0) is 41.3 Å². The molecule has 4 nitrogen and oxygen atoms in total. The van der Waals surface area contributed by atoms with Crippen molar-refractivity contribution in [2.45, 2.75) is 26.2 Å². The van der Waals surface area contributed by atoms with Crippen LogP contribution >= 0.6 is 11.6 Å². The van der Waals surface area contributed by atoms with E-state index in [1.54, 1.807) is 7.11 Å². The number of nitrogens with one attached hydrogen (secondary N) is 1. The van der Waals surface area contributed by atoms with Crippen molar-refractivity contribution >= 4 is 23.2 Å². The lowest BCUT2D eigenvalue weighted by atomic mass is 9.87. The Morgan fingerprint density at radius 2 is 1.87 bits per heavy atom. The van der Waals surface area contributed by atoms with E-state index in [1.807, 2.05) is 18.2 Å². The number of ether oxygens (including phenoxy) is 1. The normalized spacial score (nSPS) is 11.2. The van der Waals surface area contributed by atoms with E-state index in [1.165, 1.54) is 18.2 Å². The molecular formula is C18H20ClNO3. The summed E-state index contributed by atoms with van der Waals surface area (Å²) in [5.74, 6) is -0.0277. The van der Waals surface area contributed by atoms with Gasteiger partial charge in [0.25, 0.3) is 5.91 Å². The highest BCUT2D eigenvalue weighted by Gasteiger charge is 2.18. The van der Waals surface area contributed by atoms with Crippen LogP contribution in [0.15, 0.2) is 36.4 Å². The topological polar surface area (TPSA) is 58.6 Å². The van der Waals surface area contributed by atoms with Crippen LogP contribution in [0.25, 0.3) is 0 Å². The molecule has 0 bridgehead atoms. The van der Waals surface area contributed by atoms with Crippen LogP contribution in [0.3, 0.4) is 0 Å². The number of phenols is 1. The quantitative estimate of drug-likeness (QED) is 0.862. The number of hydrogen-bond acceptors (Lipinski definition) is 3. The summed E-state index contributed by atoms with van der Waals surface area (Å²) in [6, 6.07) is 9.98. The summed E-state index contributed by atoms with van der Waals surface area (Å²) in [4.78, 5) is 12.4. The smallest absolute Gasteiger partial charge is 0.259 e. The molecule has 0 spiro atoms. The first-order valence-corrected chi connectivity index (χ1v) is 7.58. The van der Waals surface area contributed by atoms with Crippen LogP contribution in [0, 0.1) is 0 Å². The summed E-state index contributed by atoms with van der Waals surface area (Å²) in [5.41, 5.74) is 1.65. The molecule has 23 heavy (non-hydrogen) atoms. The van der Waals surface area contributed by atoms with Crippen molar-refractivity contribution in [2.75, 3.05) is 12.4 Å². The predicted octanol–water partition coefficient (Wildman–Crippen LogP) is 4.60. The molecule has 0 radical (unpaired) electrons. The average Bonchev–Trinajstić information content (AvgIpc) is 2.48. The highest BCUT2D eigenvalue weighted by atomic mass is 35.5. The Bertz CT molecular complexity index is 736. The van der Waals surface area contributed by atoms with Gasteiger partial charge in [0.2, 0.25) is 0 Å². The molecule has 2 aromatic carbocycles. The lowest BCUT2D eigenvalue weighted by Crippen LogP contribution is -2.15. The number of carbonyl (C=O) groups excluding carboxylic acids is 1. The van der Waals surface area contributed by atoms with Crippen molar-refractivity contribution < 1.29 is 14.6 Å². The minimum absolute atomic E-state index is 0.0655. The van der Waals surface area contributed by atoms with Gasteiger partial charge in [-0.3, -0.25) is 4.79 Å². The highest BCUT2D eigenvalue weighted by molar-refractivity contribution is 6.31. The van der Waals surface area contributed by atoms with Gasteiger partial charge in [0.05, 0.1) is 18.4 Å². The average molecular weight is 334 g/mol. The molecule has 0 atom stereocenters. The number of benzene rings is 2. The second-order valence-electron chi connectivity index (χ2n) is 6.28. The molecule has 0 fully saturated rings. The molecule has 2 aromatic rings. The van der Waals surface area contributed by atoms with Crippen LogP contribution in [0.1, 0.15) is 36.7 Å². The zero-order chi connectivity index (χ0) is 17.2. The monoisotopic (exact) mass is 333 g/mol. The number of methoxy groups -OCH3 is 1. The van der Waals surface area contributed by atoms with Crippen LogP contribution in [0.4, 0.5) is 5.69 Å². The summed E-state index contributed by atoms with van der Waals surface area (Å²) < 4.78 is 5.30. The molecule has 1 amide bonds. The number of halogens is 1. The fraction of sp³-hybridized carbons (Fsp3) is 0.278. The maximum atomic E-state index is 12.4. The van der Waals surface area contributed by atoms with Crippen molar-refractivity contribution in [3.05, 3.63) is 52.5 Å². The molecule has 0 aliphatic rings. The number of phenolic OH excluding ortho intramolecular Hbond substituents is 1. The van der Waals surface area contributed by atoms with E-state index in [2.05, 4.69) is 26.1 Å². The van der Waals surface area contributed by atoms with Crippen LogP contribution in [-0.2, 0) is 5.41 Å². The second kappa shape index (κ2) is 6.50. The predicted molar refractivity (Wildman–Crippen MR) is 92.8 cm³/mol. The lowest BCUT2D eigenvalue weighted by molar-refractivity contribution is 0.102. The SMILES string of the molecule is COc1ccc(C(C)(C)C)cc1NC(=O)c1cc(Cl)ccc1O. The Labute approximate surface area is 141 Å². The Balaban J connectivity index is 2.38. The standard InChI is InChI=1S/C18H20ClNO3/c1-18(2,3)11-5-8-16(23-4)14(9-11)20-17(22)13-10-12(19)6-7-15(13)21/h5-10,21H,1-4H3,(H,20,22). The van der Waals surface area contributed by atoms with E-state index in [0.29, 0.717) is 16.5 Å². The van der Waals surface area contributed by atoms with Crippen LogP contribution in [0.5, 0.6) is 11.5 Å². The third-order valence-corrected chi connectivity index (χ3v) is 3.75. The minimum atomic E-state index is -0.450. The number of anilines is 1. The van der Waals surface area contributed by atoms with E-state index in [-0.39, 0.29) is 16.7 Å². The van der Waals surface area contributed by atoms with E-state index < -0.39 is 5.91 Å². The molecule has 122 valence electrons. The molecule has 0 heterocycles. The molecule has 5 heteroatoms. The molecule has 0 saturated heterocycles. The maximum Gasteiger partial charge on any atom is 0.259 e. The van der Waals surface area contributed by atoms with E-state index in [4.69, 9.17) is 16.3 Å². The number of aromatic hydroxyl groups is 1. The van der Waals surface area contributed by atoms with E-state index in [9.17, 15) is 9.90 Å². The third-order valence-electron chi connectivity index (χ3n) is 3.52. The van der Waals surface area contributed by atoms with Gasteiger partial charge < -0.3 is 15.2 Å². The first-order chi connectivity index (χ1) is 10.7. The lowest BCUT2D eigenvalue weighted by Gasteiger charge is -2.21. The zero-order valence-electron chi connectivity index (χ0n) is 13.6. The summed E-state index contributed by atoms with van der Waals surface area (Å²) >= 11 is 5.89. The highest BCUT2D eigenvalue weighted by Crippen LogP contribution is 2.32. The van der Waals surface area contributed by atoms with E-state index >= 15 is 0 Å². The van der Waals surface area contributed by atoms with Gasteiger partial charge >= 0.3 is 0 Å². The Morgan fingerprint density at radius 3 is 2.48 bits per heavy atom. The van der Waals surface area contributed by atoms with Crippen molar-refractivity contribution in [2.24, 2.45) is 0 Å². The van der Waals surface area contributed by atoms with Gasteiger partial charge in [-0.1, -0.05) is 38.4 Å². The Morgan fingerprint density at radius 1 is 1.17 bits per heavy atom. The Hall–Kier alpha value is -2.20. The first kappa shape index (κ1) is 17.2. The van der Waals surface area contributed by atoms with Crippen molar-refractivity contribution in [3.8, 4) is 11.5 Å². The summed E-state index contributed by atoms with van der Waals surface area (Å²) in [6.45, 7) is 6.26. The first-order valence-electron chi connectivity index (χ1n) is 7.21. The number of rotatable bonds is 3. The largest absolute Gasteiger partial charge is 0.507 e. The molecule has 2 rings (SSSR count). The number of hydrogen-bond donors (Lipinski definition) is 2. The van der Waals surface area contributed by atoms with Crippen molar-refractivity contribution in [1.29, 1.82) is 0 Å². The van der Waals surface area contributed by atoms with Gasteiger partial charge in [-0.25, -0.2) is 0 Å². The maximum absolute atomic E-state index is 12.4. The fourth-order valence-corrected chi connectivity index (χ4v) is 2.32. The van der Waals surface area contributed by atoms with Crippen molar-refractivity contribution in [1.82, 2.24) is 0 Å². The van der Waals surface area contributed by atoms with Crippen LogP contribution in [0.2, 0.25) is 5.02 Å². The van der Waals surface area contributed by atoms with E-state index in [0.717, 1.165) is 5.56 Å². The molecule has 0 aliphatic carbocycles. The van der Waals surface area contributed by atoms with Gasteiger partial charge in [-0.15, -0.1) is 0 Å². The molecular weight excluding hydrogens is 314 g/mol. The molecule has 0 unspecified atom stereocenters. The number of carbonyl (C=O) groups is 1. The Kier molecular flexibility index (Phi) is 4.85.